The van der Waals surface area contributed by atoms with E-state index < -0.39 is 5.97 Å². The van der Waals surface area contributed by atoms with Crippen molar-refractivity contribution in [3.05, 3.63) is 0 Å². The van der Waals surface area contributed by atoms with Crippen molar-refractivity contribution in [3.8, 4) is 0 Å². The van der Waals surface area contributed by atoms with Gasteiger partial charge in [-0.25, -0.2) is 0 Å². The quantitative estimate of drug-likeness (QED) is 0.627. The van der Waals surface area contributed by atoms with Gasteiger partial charge in [0.1, 0.15) is 6.10 Å². The van der Waals surface area contributed by atoms with Crippen molar-refractivity contribution in [1.82, 2.24) is 0 Å². The third-order valence-corrected chi connectivity index (χ3v) is 2.59. The van der Waals surface area contributed by atoms with E-state index in [1.54, 1.807) is 0 Å². The molecule has 12 heavy (non-hydrogen) atoms. The molecule has 3 atom stereocenters. The Kier molecular flexibility index (Phi) is 1.75. The minimum absolute atomic E-state index is 0.0971. The van der Waals surface area contributed by atoms with Crippen molar-refractivity contribution >= 4 is 12.4 Å². The van der Waals surface area contributed by atoms with E-state index in [4.69, 9.17) is 9.84 Å². The van der Waals surface area contributed by atoms with Gasteiger partial charge in [-0.05, 0) is 19.3 Å². The van der Waals surface area contributed by atoms with Gasteiger partial charge in [-0.3, -0.25) is 9.79 Å². The first-order valence-corrected chi connectivity index (χ1v) is 4.17. The number of hydrogen-bond donors (Lipinski definition) is 1. The van der Waals surface area contributed by atoms with Gasteiger partial charge in [0.05, 0.1) is 12.0 Å². The second kappa shape index (κ2) is 2.77. The van der Waals surface area contributed by atoms with Crippen LogP contribution in [-0.2, 0) is 9.53 Å². The zero-order valence-corrected chi connectivity index (χ0v) is 6.64. The van der Waals surface area contributed by atoms with Crippen molar-refractivity contribution < 1.29 is 14.6 Å². The Morgan fingerprint density at radius 3 is 3.17 bits per heavy atom. The first-order valence-electron chi connectivity index (χ1n) is 4.17. The largest absolute Gasteiger partial charge is 0.481 e. The summed E-state index contributed by atoms with van der Waals surface area (Å²) < 4.78 is 5.20. The lowest BCUT2D eigenvalue weighted by molar-refractivity contribution is -0.143. The van der Waals surface area contributed by atoms with Crippen molar-refractivity contribution in [3.63, 3.8) is 0 Å². The van der Waals surface area contributed by atoms with Crippen molar-refractivity contribution in [2.45, 2.75) is 31.4 Å². The molecule has 0 aromatic rings. The van der Waals surface area contributed by atoms with Crippen LogP contribution in [0.3, 0.4) is 0 Å². The fraction of sp³-hybridized carbons (Fsp3) is 0.750. The number of aliphatic imine (C=N–C) groups is 1. The highest BCUT2D eigenvalue weighted by atomic mass is 16.5. The minimum Gasteiger partial charge on any atom is -0.481 e. The average Bonchev–Trinajstić information content (AvgIpc) is 2.49. The van der Waals surface area contributed by atoms with Gasteiger partial charge in [-0.1, -0.05) is 0 Å². The zero-order valence-electron chi connectivity index (χ0n) is 6.64. The van der Waals surface area contributed by atoms with Gasteiger partial charge in [0.25, 0.3) is 0 Å². The number of carbonyl (C=O) groups is 1. The van der Waals surface area contributed by atoms with E-state index in [0.717, 1.165) is 12.8 Å². The van der Waals surface area contributed by atoms with Gasteiger partial charge < -0.3 is 9.84 Å². The smallest absolute Gasteiger partial charge is 0.306 e. The maximum Gasteiger partial charge on any atom is 0.306 e. The van der Waals surface area contributed by atoms with E-state index in [0.29, 0.717) is 6.42 Å². The number of nitrogens with zero attached hydrogens (tertiary/aromatic N) is 1. The SMILES string of the molecule is O=C(O)C1CCC2OC=NC2C1. The molecule has 0 aromatic carbocycles. The van der Waals surface area contributed by atoms with Crippen molar-refractivity contribution in [2.75, 3.05) is 0 Å². The summed E-state index contributed by atoms with van der Waals surface area (Å²) in [6.45, 7) is 0. The number of ether oxygens (including phenoxy) is 1. The van der Waals surface area contributed by atoms with Crippen LogP contribution in [0.5, 0.6) is 0 Å². The molecule has 2 rings (SSSR count). The van der Waals surface area contributed by atoms with Crippen LogP contribution < -0.4 is 0 Å². The molecule has 66 valence electrons. The highest BCUT2D eigenvalue weighted by Crippen LogP contribution is 2.30. The van der Waals surface area contributed by atoms with E-state index in [1.165, 1.54) is 6.40 Å². The molecule has 1 heterocycles. The third kappa shape index (κ3) is 1.17. The second-order valence-corrected chi connectivity index (χ2v) is 3.34. The van der Waals surface area contributed by atoms with Crippen LogP contribution in [0.4, 0.5) is 0 Å². The zero-order chi connectivity index (χ0) is 8.55. The van der Waals surface area contributed by atoms with E-state index in [1.807, 2.05) is 0 Å². The van der Waals surface area contributed by atoms with Gasteiger partial charge in [0.15, 0.2) is 6.40 Å². The second-order valence-electron chi connectivity index (χ2n) is 3.34. The normalized spacial score (nSPS) is 38.8. The van der Waals surface area contributed by atoms with Crippen molar-refractivity contribution in [2.24, 2.45) is 10.9 Å². The molecule has 2 aliphatic rings. The lowest BCUT2D eigenvalue weighted by Gasteiger charge is -2.26. The van der Waals surface area contributed by atoms with Gasteiger partial charge in [-0.2, -0.15) is 0 Å². The number of aliphatic carboxylic acids is 1. The molecular formula is C8H11NO3. The van der Waals surface area contributed by atoms with Crippen molar-refractivity contribution in [1.29, 1.82) is 0 Å². The minimum atomic E-state index is -0.699. The molecule has 3 unspecified atom stereocenters. The summed E-state index contributed by atoms with van der Waals surface area (Å²) in [6, 6.07) is 0.0971. The maximum absolute atomic E-state index is 10.7. The van der Waals surface area contributed by atoms with Gasteiger partial charge in [0.2, 0.25) is 0 Å². The van der Waals surface area contributed by atoms with Crippen LogP contribution in [0.1, 0.15) is 19.3 Å². The summed E-state index contributed by atoms with van der Waals surface area (Å²) in [5.74, 6) is -0.916. The van der Waals surface area contributed by atoms with Crippen LogP contribution in [0.25, 0.3) is 0 Å². The molecule has 1 aliphatic heterocycles. The van der Waals surface area contributed by atoms with Crippen LogP contribution in [0.15, 0.2) is 4.99 Å². The fourth-order valence-corrected chi connectivity index (χ4v) is 1.85. The first kappa shape index (κ1) is 7.58. The third-order valence-electron chi connectivity index (χ3n) is 2.59. The standard InChI is InChI=1S/C8H11NO3/c10-8(11)5-1-2-7-6(3-5)9-4-12-7/h4-7H,1-3H2,(H,10,11). The molecule has 1 fully saturated rings. The lowest BCUT2D eigenvalue weighted by atomic mass is 9.84. The van der Waals surface area contributed by atoms with Gasteiger partial charge in [-0.15, -0.1) is 0 Å². The number of carboxylic acid groups (broad SMARTS) is 1. The Labute approximate surface area is 70.2 Å². The molecule has 0 radical (unpaired) electrons. The Hall–Kier alpha value is -1.06. The molecule has 0 amide bonds. The predicted molar refractivity (Wildman–Crippen MR) is 42.1 cm³/mol. The summed E-state index contributed by atoms with van der Waals surface area (Å²) in [4.78, 5) is 14.7. The Morgan fingerprint density at radius 1 is 1.58 bits per heavy atom. The van der Waals surface area contributed by atoms with E-state index in [2.05, 4.69) is 4.99 Å². The number of hydrogen-bond acceptors (Lipinski definition) is 3. The Morgan fingerprint density at radius 2 is 2.42 bits per heavy atom. The highest BCUT2D eigenvalue weighted by Gasteiger charge is 2.36. The molecule has 4 nitrogen and oxygen atoms in total. The summed E-state index contributed by atoms with van der Waals surface area (Å²) in [5.41, 5.74) is 0. The molecular weight excluding hydrogens is 158 g/mol. The molecule has 0 aromatic heterocycles. The number of fused-ring (bicyclic) bond motifs is 1. The van der Waals surface area contributed by atoms with E-state index >= 15 is 0 Å². The van der Waals surface area contributed by atoms with E-state index in [9.17, 15) is 4.79 Å². The topological polar surface area (TPSA) is 58.9 Å². The summed E-state index contributed by atoms with van der Waals surface area (Å²) in [5, 5.41) is 8.77. The molecule has 0 saturated heterocycles. The van der Waals surface area contributed by atoms with Crippen LogP contribution >= 0.6 is 0 Å². The highest BCUT2D eigenvalue weighted by molar-refractivity contribution is 5.70. The lowest BCUT2D eigenvalue weighted by Crippen LogP contribution is -2.33. The van der Waals surface area contributed by atoms with Crippen LogP contribution in [0.2, 0.25) is 0 Å². The van der Waals surface area contributed by atoms with E-state index in [-0.39, 0.29) is 18.1 Å². The summed E-state index contributed by atoms with van der Waals surface area (Å²) in [7, 11) is 0. The van der Waals surface area contributed by atoms with Crippen LogP contribution in [-0.4, -0.2) is 29.6 Å². The summed E-state index contributed by atoms with van der Waals surface area (Å²) in [6.07, 6.45) is 3.79. The molecule has 0 bridgehead atoms. The summed E-state index contributed by atoms with van der Waals surface area (Å²) >= 11 is 0. The Balaban J connectivity index is 2.00. The monoisotopic (exact) mass is 169 g/mol. The Bertz CT molecular complexity index is 226. The maximum atomic E-state index is 10.7. The molecule has 1 saturated carbocycles. The molecule has 1 N–H and O–H groups in total. The molecule has 0 spiro atoms. The van der Waals surface area contributed by atoms with Crippen LogP contribution in [0, 0.1) is 5.92 Å². The average molecular weight is 169 g/mol. The first-order chi connectivity index (χ1) is 5.77. The predicted octanol–water partition coefficient (Wildman–Crippen LogP) is 0.667. The fourth-order valence-electron chi connectivity index (χ4n) is 1.85. The van der Waals surface area contributed by atoms with Gasteiger partial charge in [0, 0.05) is 0 Å². The van der Waals surface area contributed by atoms with Gasteiger partial charge >= 0.3 is 5.97 Å². The number of carboxylic acids is 1. The molecule has 4 heteroatoms. The number of rotatable bonds is 1. The molecule has 1 aliphatic carbocycles.